The number of thiophene rings is 1. The lowest BCUT2D eigenvalue weighted by Gasteiger charge is -2.04. The average molecular weight is 376 g/mol. The Morgan fingerprint density at radius 2 is 2.00 bits per heavy atom. The van der Waals surface area contributed by atoms with E-state index in [2.05, 4.69) is 31.9 Å². The van der Waals surface area contributed by atoms with Crippen LogP contribution < -0.4 is 4.74 Å². The molecule has 1 aromatic carbocycles. The Morgan fingerprint density at radius 1 is 1.24 bits per heavy atom. The normalized spacial score (nSPS) is 10.3. The second-order valence-corrected chi connectivity index (χ2v) is 6.60. The molecule has 0 radical (unpaired) electrons. The molecule has 17 heavy (non-hydrogen) atoms. The van der Waals surface area contributed by atoms with Gasteiger partial charge in [-0.25, -0.2) is 0 Å². The van der Waals surface area contributed by atoms with Gasteiger partial charge in [0.25, 0.3) is 0 Å². The van der Waals surface area contributed by atoms with E-state index >= 15 is 0 Å². The molecule has 1 aromatic heterocycles. The molecule has 0 unspecified atom stereocenters. The van der Waals surface area contributed by atoms with Crippen LogP contribution in [-0.4, -0.2) is 12.9 Å². The number of carbonyl (C=O) groups excluding carboxylic acids is 1. The molecule has 0 atom stereocenters. The highest BCUT2D eigenvalue weighted by Crippen LogP contribution is 2.29. The topological polar surface area (TPSA) is 26.3 Å². The Bertz CT molecular complexity index is 563. The molecule has 0 bridgehead atoms. The van der Waals surface area contributed by atoms with E-state index in [1.54, 1.807) is 25.3 Å². The fourth-order valence-corrected chi connectivity index (χ4v) is 3.25. The molecule has 0 saturated heterocycles. The van der Waals surface area contributed by atoms with Crippen LogP contribution in [0.4, 0.5) is 0 Å². The number of rotatable bonds is 3. The van der Waals surface area contributed by atoms with Crippen molar-refractivity contribution in [3.05, 3.63) is 49.0 Å². The molecule has 0 aliphatic rings. The zero-order valence-corrected chi connectivity index (χ0v) is 12.9. The lowest BCUT2D eigenvalue weighted by molar-refractivity contribution is 0.104. The molecular formula is C12H8Br2O2S. The minimum Gasteiger partial charge on any atom is -0.497 e. The minimum absolute atomic E-state index is 0.00947. The molecule has 0 N–H and O–H groups in total. The van der Waals surface area contributed by atoms with Crippen LogP contribution in [0.5, 0.6) is 5.75 Å². The summed E-state index contributed by atoms with van der Waals surface area (Å²) in [5.74, 6) is 0.732. The third-order valence-corrected chi connectivity index (χ3v) is 4.50. The first-order valence-corrected chi connectivity index (χ1v) is 7.15. The molecule has 5 heteroatoms. The Labute approximate surface area is 120 Å². The van der Waals surface area contributed by atoms with Gasteiger partial charge in [-0.05, 0) is 62.2 Å². The maximum absolute atomic E-state index is 12.2. The maximum atomic E-state index is 12.2. The second kappa shape index (κ2) is 5.33. The van der Waals surface area contributed by atoms with E-state index in [0.29, 0.717) is 10.4 Å². The molecule has 0 spiro atoms. The maximum Gasteiger partial charge on any atom is 0.204 e. The molecule has 2 nitrogen and oxygen atoms in total. The Morgan fingerprint density at radius 3 is 2.53 bits per heavy atom. The van der Waals surface area contributed by atoms with Gasteiger partial charge in [-0.2, -0.15) is 0 Å². The fraction of sp³-hybridized carbons (Fsp3) is 0.0833. The highest BCUT2D eigenvalue weighted by Gasteiger charge is 2.14. The fourth-order valence-electron chi connectivity index (χ4n) is 1.38. The van der Waals surface area contributed by atoms with Crippen molar-refractivity contribution in [3.8, 4) is 5.75 Å². The summed E-state index contributed by atoms with van der Waals surface area (Å²) >= 11 is 8.16. The molecule has 2 rings (SSSR count). The molecule has 0 aliphatic carbocycles. The lowest BCUT2D eigenvalue weighted by Crippen LogP contribution is -1.99. The predicted molar refractivity (Wildman–Crippen MR) is 76.1 cm³/mol. The lowest BCUT2D eigenvalue weighted by atomic mass is 10.1. The van der Waals surface area contributed by atoms with Crippen LogP contribution in [0.2, 0.25) is 0 Å². The molecule has 0 amide bonds. The molecular weight excluding hydrogens is 368 g/mol. The summed E-state index contributed by atoms with van der Waals surface area (Å²) in [6.45, 7) is 0. The van der Waals surface area contributed by atoms with Crippen molar-refractivity contribution in [3.63, 3.8) is 0 Å². The SMILES string of the molecule is COc1ccc(C(=O)c2ccc(Br)s2)c(Br)c1. The quantitative estimate of drug-likeness (QED) is 0.737. The van der Waals surface area contributed by atoms with E-state index in [-0.39, 0.29) is 5.78 Å². The zero-order chi connectivity index (χ0) is 12.4. The van der Waals surface area contributed by atoms with Crippen LogP contribution in [-0.2, 0) is 0 Å². The third-order valence-electron chi connectivity index (χ3n) is 2.22. The predicted octanol–water partition coefficient (Wildman–Crippen LogP) is 4.51. The van der Waals surface area contributed by atoms with Crippen molar-refractivity contribution in [2.24, 2.45) is 0 Å². The summed E-state index contributed by atoms with van der Waals surface area (Å²) in [6, 6.07) is 9.01. The van der Waals surface area contributed by atoms with Crippen molar-refractivity contribution in [2.45, 2.75) is 0 Å². The Hall–Kier alpha value is -0.650. The van der Waals surface area contributed by atoms with Crippen molar-refractivity contribution in [2.75, 3.05) is 7.11 Å². The second-order valence-electron chi connectivity index (χ2n) is 3.28. The van der Waals surface area contributed by atoms with Crippen LogP contribution in [0, 0.1) is 0 Å². The number of hydrogen-bond donors (Lipinski definition) is 0. The number of carbonyl (C=O) groups is 1. The van der Waals surface area contributed by atoms with Gasteiger partial charge < -0.3 is 4.74 Å². The molecule has 1 heterocycles. The number of ether oxygens (including phenoxy) is 1. The number of halogens is 2. The summed E-state index contributed by atoms with van der Waals surface area (Å²) in [4.78, 5) is 12.9. The van der Waals surface area contributed by atoms with Gasteiger partial charge in [0.2, 0.25) is 5.78 Å². The summed E-state index contributed by atoms with van der Waals surface area (Å²) < 4.78 is 6.78. The first kappa shape index (κ1) is 12.8. The number of ketones is 1. The summed E-state index contributed by atoms with van der Waals surface area (Å²) in [6.07, 6.45) is 0. The Kier molecular flexibility index (Phi) is 4.01. The first-order chi connectivity index (χ1) is 8.11. The van der Waals surface area contributed by atoms with Crippen LogP contribution >= 0.6 is 43.2 Å². The van der Waals surface area contributed by atoms with E-state index < -0.39 is 0 Å². The van der Waals surface area contributed by atoms with Crippen LogP contribution in [0.3, 0.4) is 0 Å². The van der Waals surface area contributed by atoms with Crippen LogP contribution in [0.25, 0.3) is 0 Å². The van der Waals surface area contributed by atoms with Gasteiger partial charge in [-0.15, -0.1) is 11.3 Å². The third kappa shape index (κ3) is 2.78. The molecule has 0 aliphatic heterocycles. The van der Waals surface area contributed by atoms with E-state index in [1.807, 2.05) is 12.1 Å². The monoisotopic (exact) mass is 374 g/mol. The van der Waals surface area contributed by atoms with Gasteiger partial charge in [0.15, 0.2) is 0 Å². The van der Waals surface area contributed by atoms with Crippen molar-refractivity contribution >= 4 is 49.0 Å². The van der Waals surface area contributed by atoms with Crippen LogP contribution in [0.1, 0.15) is 15.2 Å². The van der Waals surface area contributed by atoms with Gasteiger partial charge in [-0.1, -0.05) is 0 Å². The van der Waals surface area contributed by atoms with Crippen molar-refractivity contribution < 1.29 is 9.53 Å². The van der Waals surface area contributed by atoms with Gasteiger partial charge in [0.05, 0.1) is 15.8 Å². The van der Waals surface area contributed by atoms with Gasteiger partial charge in [0, 0.05) is 10.0 Å². The average Bonchev–Trinajstić information content (AvgIpc) is 2.75. The number of hydrogen-bond acceptors (Lipinski definition) is 3. The van der Waals surface area contributed by atoms with Crippen molar-refractivity contribution in [1.82, 2.24) is 0 Å². The van der Waals surface area contributed by atoms with E-state index in [1.165, 1.54) is 11.3 Å². The van der Waals surface area contributed by atoms with Gasteiger partial charge >= 0.3 is 0 Å². The summed E-state index contributed by atoms with van der Waals surface area (Å²) in [7, 11) is 1.60. The minimum atomic E-state index is 0.00947. The van der Waals surface area contributed by atoms with E-state index in [9.17, 15) is 4.79 Å². The van der Waals surface area contributed by atoms with Gasteiger partial charge in [0.1, 0.15) is 5.75 Å². The summed E-state index contributed by atoms with van der Waals surface area (Å²) in [5, 5.41) is 0. The zero-order valence-electron chi connectivity index (χ0n) is 8.87. The molecule has 88 valence electrons. The Balaban J connectivity index is 2.37. The molecule has 0 fully saturated rings. The van der Waals surface area contributed by atoms with E-state index in [0.717, 1.165) is 14.0 Å². The largest absolute Gasteiger partial charge is 0.497 e. The number of benzene rings is 1. The molecule has 2 aromatic rings. The molecule has 0 saturated carbocycles. The smallest absolute Gasteiger partial charge is 0.204 e. The highest BCUT2D eigenvalue weighted by molar-refractivity contribution is 9.11. The van der Waals surface area contributed by atoms with E-state index in [4.69, 9.17) is 4.74 Å². The van der Waals surface area contributed by atoms with Crippen LogP contribution in [0.15, 0.2) is 38.6 Å². The standard InChI is InChI=1S/C12H8Br2O2S/c1-16-7-2-3-8(9(13)6-7)12(15)10-4-5-11(14)17-10/h2-6H,1H3. The van der Waals surface area contributed by atoms with Crippen molar-refractivity contribution in [1.29, 1.82) is 0 Å². The highest BCUT2D eigenvalue weighted by atomic mass is 79.9. The van der Waals surface area contributed by atoms with Gasteiger partial charge in [-0.3, -0.25) is 4.79 Å². The first-order valence-electron chi connectivity index (χ1n) is 4.75. The number of methoxy groups -OCH3 is 1. The summed E-state index contributed by atoms with van der Waals surface area (Å²) in [5.41, 5.74) is 0.639.